The van der Waals surface area contributed by atoms with E-state index >= 15 is 0 Å². The highest BCUT2D eigenvalue weighted by Crippen LogP contribution is 2.21. The summed E-state index contributed by atoms with van der Waals surface area (Å²) in [5.41, 5.74) is 5.61. The van der Waals surface area contributed by atoms with E-state index in [1.807, 2.05) is 0 Å². The summed E-state index contributed by atoms with van der Waals surface area (Å²) in [7, 11) is 0. The van der Waals surface area contributed by atoms with Crippen molar-refractivity contribution in [3.05, 3.63) is 0 Å². The minimum absolute atomic E-state index is 0.303. The van der Waals surface area contributed by atoms with Crippen molar-refractivity contribution < 1.29 is 4.74 Å². The Kier molecular flexibility index (Phi) is 2.40. The zero-order valence-electron chi connectivity index (χ0n) is 7.39. The zero-order chi connectivity index (χ0) is 9.10. The third-order valence-corrected chi connectivity index (χ3v) is 2.29. The van der Waals surface area contributed by atoms with Crippen LogP contribution in [0.2, 0.25) is 0 Å². The van der Waals surface area contributed by atoms with Crippen molar-refractivity contribution in [3.8, 4) is 0 Å². The van der Waals surface area contributed by atoms with E-state index in [1.54, 1.807) is 4.68 Å². The Morgan fingerprint density at radius 3 is 3.08 bits per heavy atom. The number of ether oxygens (including phenoxy) is 1. The van der Waals surface area contributed by atoms with Gasteiger partial charge in [0.05, 0.1) is 6.04 Å². The van der Waals surface area contributed by atoms with Gasteiger partial charge >= 0.3 is 0 Å². The van der Waals surface area contributed by atoms with Crippen molar-refractivity contribution in [1.29, 1.82) is 0 Å². The molecular formula is C7H13N5O. The molecule has 0 radical (unpaired) electrons. The second-order valence-electron chi connectivity index (χ2n) is 3.18. The van der Waals surface area contributed by atoms with E-state index in [9.17, 15) is 0 Å². The molecule has 2 rings (SSSR count). The summed E-state index contributed by atoms with van der Waals surface area (Å²) in [6, 6.07) is 0.303. The zero-order valence-corrected chi connectivity index (χ0v) is 7.39. The van der Waals surface area contributed by atoms with Crippen LogP contribution >= 0.6 is 0 Å². The fourth-order valence-corrected chi connectivity index (χ4v) is 1.59. The number of hydrogen-bond acceptors (Lipinski definition) is 5. The first-order chi connectivity index (χ1) is 6.38. The normalized spacial score (nSPS) is 24.2. The second kappa shape index (κ2) is 3.69. The summed E-state index contributed by atoms with van der Waals surface area (Å²) in [5, 5.41) is 11.0. The molecule has 1 saturated heterocycles. The van der Waals surface area contributed by atoms with Crippen molar-refractivity contribution in [2.45, 2.75) is 25.3 Å². The summed E-state index contributed by atoms with van der Waals surface area (Å²) in [5.74, 6) is 0.395. The van der Waals surface area contributed by atoms with Crippen LogP contribution in [0.25, 0.3) is 0 Å². The highest BCUT2D eigenvalue weighted by molar-refractivity contribution is 5.11. The number of nitrogen functional groups attached to an aromatic ring is 1. The van der Waals surface area contributed by atoms with Gasteiger partial charge in [0.15, 0.2) is 0 Å². The number of tetrazole rings is 1. The molecule has 1 aromatic rings. The number of aromatic nitrogens is 4. The topological polar surface area (TPSA) is 78.9 Å². The monoisotopic (exact) mass is 183 g/mol. The third kappa shape index (κ3) is 1.77. The van der Waals surface area contributed by atoms with E-state index in [1.165, 1.54) is 0 Å². The minimum atomic E-state index is 0.303. The van der Waals surface area contributed by atoms with Gasteiger partial charge in [-0.2, -0.15) is 0 Å². The van der Waals surface area contributed by atoms with Crippen molar-refractivity contribution in [1.82, 2.24) is 20.2 Å². The van der Waals surface area contributed by atoms with Gasteiger partial charge in [0.1, 0.15) is 0 Å². The fraction of sp³-hybridized carbons (Fsp3) is 0.857. The molecular weight excluding hydrogens is 170 g/mol. The Morgan fingerprint density at radius 1 is 1.38 bits per heavy atom. The molecule has 1 unspecified atom stereocenters. The molecule has 1 fully saturated rings. The molecule has 1 aliphatic heterocycles. The molecule has 1 aliphatic rings. The summed E-state index contributed by atoms with van der Waals surface area (Å²) >= 11 is 0. The molecule has 2 N–H and O–H groups in total. The average Bonchev–Trinajstić information content (AvgIpc) is 2.43. The standard InChI is InChI=1S/C7H13N5O/c8-7-9-10-11-12(7)6-2-1-4-13-5-3-6/h6H,1-5H2,(H2,8,9,11). The van der Waals surface area contributed by atoms with Gasteiger partial charge < -0.3 is 10.5 Å². The molecule has 2 heterocycles. The van der Waals surface area contributed by atoms with E-state index in [0.717, 1.165) is 32.5 Å². The van der Waals surface area contributed by atoms with Gasteiger partial charge in [-0.3, -0.25) is 0 Å². The smallest absolute Gasteiger partial charge is 0.240 e. The maximum absolute atomic E-state index is 5.61. The maximum atomic E-state index is 5.61. The number of nitrogens with two attached hydrogens (primary N) is 1. The number of nitrogens with zero attached hydrogens (tertiary/aromatic N) is 4. The molecule has 0 spiro atoms. The highest BCUT2D eigenvalue weighted by atomic mass is 16.5. The van der Waals surface area contributed by atoms with Crippen molar-refractivity contribution in [2.24, 2.45) is 0 Å². The molecule has 0 aromatic carbocycles. The van der Waals surface area contributed by atoms with E-state index < -0.39 is 0 Å². The molecule has 1 atom stereocenters. The lowest BCUT2D eigenvalue weighted by Gasteiger charge is -2.12. The lowest BCUT2D eigenvalue weighted by atomic mass is 10.1. The van der Waals surface area contributed by atoms with Gasteiger partial charge in [-0.25, -0.2) is 4.68 Å². The predicted molar refractivity (Wildman–Crippen MR) is 45.9 cm³/mol. The molecule has 6 heteroatoms. The Bertz CT molecular complexity index is 266. The first-order valence-corrected chi connectivity index (χ1v) is 4.49. The van der Waals surface area contributed by atoms with Gasteiger partial charge in [0.25, 0.3) is 0 Å². The summed E-state index contributed by atoms with van der Waals surface area (Å²) < 4.78 is 7.03. The Morgan fingerprint density at radius 2 is 2.31 bits per heavy atom. The van der Waals surface area contributed by atoms with Gasteiger partial charge in [-0.05, 0) is 29.7 Å². The molecule has 72 valence electrons. The highest BCUT2D eigenvalue weighted by Gasteiger charge is 2.17. The minimum Gasteiger partial charge on any atom is -0.381 e. The number of anilines is 1. The molecule has 6 nitrogen and oxygen atoms in total. The van der Waals surface area contributed by atoms with Crippen LogP contribution in [0.5, 0.6) is 0 Å². The maximum Gasteiger partial charge on any atom is 0.240 e. The average molecular weight is 183 g/mol. The lowest BCUT2D eigenvalue weighted by Crippen LogP contribution is -2.14. The lowest BCUT2D eigenvalue weighted by molar-refractivity contribution is 0.141. The van der Waals surface area contributed by atoms with Crippen LogP contribution in [0.4, 0.5) is 5.95 Å². The van der Waals surface area contributed by atoms with Crippen LogP contribution in [0, 0.1) is 0 Å². The van der Waals surface area contributed by atoms with Crippen LogP contribution in [0.15, 0.2) is 0 Å². The SMILES string of the molecule is Nc1nnnn1C1CCCOCC1. The number of hydrogen-bond donors (Lipinski definition) is 1. The van der Waals surface area contributed by atoms with Gasteiger partial charge in [0.2, 0.25) is 5.95 Å². The van der Waals surface area contributed by atoms with Crippen LogP contribution in [0.3, 0.4) is 0 Å². The number of rotatable bonds is 1. The van der Waals surface area contributed by atoms with Crippen LogP contribution in [-0.2, 0) is 4.74 Å². The molecule has 0 bridgehead atoms. The fourth-order valence-electron chi connectivity index (χ4n) is 1.59. The predicted octanol–water partition coefficient (Wildman–Crippen LogP) is -0.00310. The third-order valence-electron chi connectivity index (χ3n) is 2.29. The molecule has 0 saturated carbocycles. The van der Waals surface area contributed by atoms with E-state index in [2.05, 4.69) is 15.5 Å². The Labute approximate surface area is 76.1 Å². The molecule has 0 amide bonds. The first kappa shape index (κ1) is 8.43. The first-order valence-electron chi connectivity index (χ1n) is 4.49. The van der Waals surface area contributed by atoms with E-state index in [4.69, 9.17) is 10.5 Å². The largest absolute Gasteiger partial charge is 0.381 e. The quantitative estimate of drug-likeness (QED) is 0.662. The van der Waals surface area contributed by atoms with Gasteiger partial charge in [-0.1, -0.05) is 5.10 Å². The summed E-state index contributed by atoms with van der Waals surface area (Å²) in [6.07, 6.45) is 3.02. The molecule has 0 aliphatic carbocycles. The van der Waals surface area contributed by atoms with Crippen LogP contribution in [0.1, 0.15) is 25.3 Å². The summed E-state index contributed by atoms with van der Waals surface area (Å²) in [6.45, 7) is 1.60. The Hall–Kier alpha value is -1.17. The second-order valence-corrected chi connectivity index (χ2v) is 3.18. The molecule has 13 heavy (non-hydrogen) atoms. The molecule has 1 aromatic heterocycles. The van der Waals surface area contributed by atoms with Gasteiger partial charge in [-0.15, -0.1) is 0 Å². The van der Waals surface area contributed by atoms with E-state index in [-0.39, 0.29) is 0 Å². The van der Waals surface area contributed by atoms with Crippen molar-refractivity contribution in [3.63, 3.8) is 0 Å². The van der Waals surface area contributed by atoms with Crippen molar-refractivity contribution in [2.75, 3.05) is 18.9 Å². The Balaban J connectivity index is 2.10. The van der Waals surface area contributed by atoms with Crippen LogP contribution in [-0.4, -0.2) is 33.4 Å². The van der Waals surface area contributed by atoms with Crippen LogP contribution < -0.4 is 5.73 Å². The van der Waals surface area contributed by atoms with Crippen molar-refractivity contribution >= 4 is 5.95 Å². The summed E-state index contributed by atoms with van der Waals surface area (Å²) in [4.78, 5) is 0. The van der Waals surface area contributed by atoms with Gasteiger partial charge in [0, 0.05) is 13.2 Å². The van der Waals surface area contributed by atoms with E-state index in [0.29, 0.717) is 12.0 Å².